The molecular weight excluding hydrogens is 232 g/mol. The molecular formula is C13H20N2OS. The van der Waals surface area contributed by atoms with E-state index >= 15 is 0 Å². The van der Waals surface area contributed by atoms with Crippen molar-refractivity contribution >= 4 is 23.0 Å². The van der Waals surface area contributed by atoms with Crippen molar-refractivity contribution in [2.45, 2.75) is 20.8 Å². The van der Waals surface area contributed by atoms with Crippen molar-refractivity contribution in [3.8, 4) is 5.75 Å². The highest BCUT2D eigenvalue weighted by atomic mass is 32.1. The average Bonchev–Trinajstić information content (AvgIpc) is 2.31. The smallest absolute Gasteiger partial charge is 0.173 e. The molecule has 0 radical (unpaired) electrons. The summed E-state index contributed by atoms with van der Waals surface area (Å²) in [6, 6.07) is 6.00. The molecule has 94 valence electrons. The number of methoxy groups -OCH3 is 1. The van der Waals surface area contributed by atoms with Gasteiger partial charge in [-0.2, -0.15) is 0 Å². The van der Waals surface area contributed by atoms with E-state index in [9.17, 15) is 0 Å². The van der Waals surface area contributed by atoms with E-state index in [0.29, 0.717) is 0 Å². The van der Waals surface area contributed by atoms with Crippen LogP contribution in [-0.4, -0.2) is 30.2 Å². The van der Waals surface area contributed by atoms with Crippen LogP contribution in [0.5, 0.6) is 5.75 Å². The molecule has 0 unspecified atom stereocenters. The van der Waals surface area contributed by atoms with E-state index in [0.717, 1.165) is 29.6 Å². The number of aryl methyl sites for hydroxylation is 1. The van der Waals surface area contributed by atoms with Gasteiger partial charge in [-0.05, 0) is 50.7 Å². The third-order valence-electron chi connectivity index (χ3n) is 2.65. The molecule has 0 saturated carbocycles. The highest BCUT2D eigenvalue weighted by molar-refractivity contribution is 7.80. The second-order valence-corrected chi connectivity index (χ2v) is 4.19. The largest absolute Gasteiger partial charge is 0.495 e. The number of nitrogens with zero attached hydrogens (tertiary/aromatic N) is 1. The van der Waals surface area contributed by atoms with Gasteiger partial charge in [0, 0.05) is 13.1 Å². The first-order chi connectivity index (χ1) is 8.12. The molecule has 0 aliphatic rings. The summed E-state index contributed by atoms with van der Waals surface area (Å²) in [5.41, 5.74) is 2.10. The lowest BCUT2D eigenvalue weighted by Crippen LogP contribution is -2.34. The Balaban J connectivity index is 2.86. The van der Waals surface area contributed by atoms with Gasteiger partial charge in [-0.1, -0.05) is 6.07 Å². The molecule has 0 fully saturated rings. The van der Waals surface area contributed by atoms with Crippen LogP contribution in [0.4, 0.5) is 5.69 Å². The van der Waals surface area contributed by atoms with Crippen molar-refractivity contribution in [3.63, 3.8) is 0 Å². The van der Waals surface area contributed by atoms with Gasteiger partial charge in [0.05, 0.1) is 12.8 Å². The topological polar surface area (TPSA) is 24.5 Å². The monoisotopic (exact) mass is 252 g/mol. The highest BCUT2D eigenvalue weighted by Gasteiger charge is 2.08. The molecule has 1 aromatic rings. The summed E-state index contributed by atoms with van der Waals surface area (Å²) in [5.74, 6) is 0.810. The number of ether oxygens (including phenoxy) is 1. The number of nitrogens with one attached hydrogen (secondary N) is 1. The molecule has 0 spiro atoms. The summed E-state index contributed by atoms with van der Waals surface area (Å²) in [6.45, 7) is 8.02. The van der Waals surface area contributed by atoms with Gasteiger partial charge in [0.1, 0.15) is 5.75 Å². The molecule has 0 aliphatic carbocycles. The van der Waals surface area contributed by atoms with Crippen LogP contribution in [-0.2, 0) is 0 Å². The molecule has 0 aliphatic heterocycles. The maximum Gasteiger partial charge on any atom is 0.173 e. The second-order valence-electron chi connectivity index (χ2n) is 3.81. The maximum absolute atomic E-state index is 5.37. The summed E-state index contributed by atoms with van der Waals surface area (Å²) < 4.78 is 5.31. The van der Waals surface area contributed by atoms with Crippen molar-refractivity contribution in [1.82, 2.24) is 4.90 Å². The Labute approximate surface area is 109 Å². The number of hydrogen-bond acceptors (Lipinski definition) is 2. The summed E-state index contributed by atoms with van der Waals surface area (Å²) >= 11 is 5.37. The van der Waals surface area contributed by atoms with Crippen LogP contribution in [0.3, 0.4) is 0 Å². The van der Waals surface area contributed by atoms with E-state index < -0.39 is 0 Å². The third-order valence-corrected chi connectivity index (χ3v) is 3.01. The van der Waals surface area contributed by atoms with Crippen LogP contribution in [0.15, 0.2) is 18.2 Å². The quantitative estimate of drug-likeness (QED) is 0.832. The first kappa shape index (κ1) is 13.8. The van der Waals surface area contributed by atoms with E-state index in [1.165, 1.54) is 5.56 Å². The normalized spacial score (nSPS) is 9.88. The first-order valence-electron chi connectivity index (χ1n) is 5.82. The Hall–Kier alpha value is -1.29. The van der Waals surface area contributed by atoms with Gasteiger partial charge < -0.3 is 15.0 Å². The first-order valence-corrected chi connectivity index (χ1v) is 6.23. The van der Waals surface area contributed by atoms with Crippen molar-refractivity contribution in [2.75, 3.05) is 25.5 Å². The van der Waals surface area contributed by atoms with Crippen molar-refractivity contribution in [2.24, 2.45) is 0 Å². The van der Waals surface area contributed by atoms with Gasteiger partial charge in [-0.3, -0.25) is 0 Å². The Morgan fingerprint density at radius 1 is 1.35 bits per heavy atom. The SMILES string of the molecule is CCN(CC)C(=S)Nc1cc(C)ccc1OC. The summed E-state index contributed by atoms with van der Waals surface area (Å²) in [6.07, 6.45) is 0. The maximum atomic E-state index is 5.37. The third kappa shape index (κ3) is 3.60. The van der Waals surface area contributed by atoms with E-state index in [1.807, 2.05) is 25.1 Å². The Morgan fingerprint density at radius 2 is 2.00 bits per heavy atom. The fourth-order valence-electron chi connectivity index (χ4n) is 1.62. The van der Waals surface area contributed by atoms with Crippen LogP contribution < -0.4 is 10.1 Å². The van der Waals surface area contributed by atoms with Gasteiger partial charge in [0.15, 0.2) is 5.11 Å². The molecule has 17 heavy (non-hydrogen) atoms. The molecule has 4 heteroatoms. The predicted molar refractivity (Wildman–Crippen MR) is 76.9 cm³/mol. The fraction of sp³-hybridized carbons (Fsp3) is 0.462. The molecule has 0 amide bonds. The highest BCUT2D eigenvalue weighted by Crippen LogP contribution is 2.25. The van der Waals surface area contributed by atoms with Crippen molar-refractivity contribution < 1.29 is 4.74 Å². The zero-order valence-electron chi connectivity index (χ0n) is 10.9. The minimum absolute atomic E-state index is 0.735. The van der Waals surface area contributed by atoms with E-state index in [1.54, 1.807) is 7.11 Å². The average molecular weight is 252 g/mol. The fourth-order valence-corrected chi connectivity index (χ4v) is 1.99. The molecule has 0 aromatic heterocycles. The zero-order valence-corrected chi connectivity index (χ0v) is 11.7. The van der Waals surface area contributed by atoms with Gasteiger partial charge in [0.25, 0.3) is 0 Å². The lowest BCUT2D eigenvalue weighted by Gasteiger charge is -2.23. The van der Waals surface area contributed by atoms with Crippen LogP contribution >= 0.6 is 12.2 Å². The molecule has 0 heterocycles. The molecule has 1 aromatic carbocycles. The molecule has 1 N–H and O–H groups in total. The summed E-state index contributed by atoms with van der Waals surface area (Å²) in [5, 5.41) is 3.97. The van der Waals surface area contributed by atoms with Crippen molar-refractivity contribution in [1.29, 1.82) is 0 Å². The number of rotatable bonds is 4. The van der Waals surface area contributed by atoms with E-state index in [2.05, 4.69) is 24.1 Å². The van der Waals surface area contributed by atoms with Crippen LogP contribution in [0.2, 0.25) is 0 Å². The number of thiocarbonyl (C=S) groups is 1. The number of hydrogen-bond donors (Lipinski definition) is 1. The minimum Gasteiger partial charge on any atom is -0.495 e. The van der Waals surface area contributed by atoms with Crippen LogP contribution in [0.25, 0.3) is 0 Å². The lowest BCUT2D eigenvalue weighted by molar-refractivity contribution is 0.416. The van der Waals surface area contributed by atoms with Gasteiger partial charge in [-0.15, -0.1) is 0 Å². The lowest BCUT2D eigenvalue weighted by atomic mass is 10.2. The summed E-state index contributed by atoms with van der Waals surface area (Å²) in [7, 11) is 1.66. The minimum atomic E-state index is 0.735. The molecule has 0 saturated heterocycles. The predicted octanol–water partition coefficient (Wildman–Crippen LogP) is 3.04. The molecule has 3 nitrogen and oxygen atoms in total. The van der Waals surface area contributed by atoms with Crippen molar-refractivity contribution in [3.05, 3.63) is 23.8 Å². The Bertz CT molecular complexity index is 389. The zero-order chi connectivity index (χ0) is 12.8. The molecule has 0 bridgehead atoms. The second kappa shape index (κ2) is 6.45. The Kier molecular flexibility index (Phi) is 5.22. The van der Waals surface area contributed by atoms with Gasteiger partial charge >= 0.3 is 0 Å². The summed E-state index contributed by atoms with van der Waals surface area (Å²) in [4.78, 5) is 2.09. The van der Waals surface area contributed by atoms with Crippen LogP contribution in [0, 0.1) is 6.92 Å². The Morgan fingerprint density at radius 3 is 2.53 bits per heavy atom. The standard InChI is InChI=1S/C13H20N2OS/c1-5-15(6-2)13(17)14-11-9-10(3)7-8-12(11)16-4/h7-9H,5-6H2,1-4H3,(H,14,17). The number of benzene rings is 1. The molecule has 1 rings (SSSR count). The van der Waals surface area contributed by atoms with E-state index in [-0.39, 0.29) is 0 Å². The molecule has 0 atom stereocenters. The van der Waals surface area contributed by atoms with E-state index in [4.69, 9.17) is 17.0 Å². The van der Waals surface area contributed by atoms with Gasteiger partial charge in [0.2, 0.25) is 0 Å². The van der Waals surface area contributed by atoms with Gasteiger partial charge in [-0.25, -0.2) is 0 Å². The van der Waals surface area contributed by atoms with Crippen LogP contribution in [0.1, 0.15) is 19.4 Å². The number of anilines is 1.